The van der Waals surface area contributed by atoms with Crippen LogP contribution in [0, 0.1) is 5.92 Å². The van der Waals surface area contributed by atoms with Gasteiger partial charge in [-0.15, -0.1) is 0 Å². The molecule has 2 nitrogen and oxygen atoms in total. The highest BCUT2D eigenvalue weighted by Gasteiger charge is 2.11. The number of methoxy groups -OCH3 is 1. The van der Waals surface area contributed by atoms with Gasteiger partial charge < -0.3 is 4.74 Å². The first-order valence-corrected chi connectivity index (χ1v) is 5.29. The van der Waals surface area contributed by atoms with Gasteiger partial charge in [0.25, 0.3) is 0 Å². The van der Waals surface area contributed by atoms with Crippen molar-refractivity contribution in [2.75, 3.05) is 18.6 Å². The first-order chi connectivity index (χ1) is 5.83. The summed E-state index contributed by atoms with van der Waals surface area (Å²) in [6.45, 7) is 0. The van der Waals surface area contributed by atoms with Gasteiger partial charge in [-0.25, -0.2) is 0 Å². The minimum Gasteiger partial charge on any atom is -0.469 e. The molecule has 1 fully saturated rings. The van der Waals surface area contributed by atoms with E-state index in [1.165, 1.54) is 25.0 Å². The third kappa shape index (κ3) is 3.30. The van der Waals surface area contributed by atoms with Crippen molar-refractivity contribution < 1.29 is 9.53 Å². The Hall–Kier alpha value is -0.440. The van der Waals surface area contributed by atoms with Gasteiger partial charge in [0, 0.05) is 0 Å². The Morgan fingerprint density at radius 1 is 1.75 bits per heavy atom. The number of esters is 1. The van der Waals surface area contributed by atoms with Crippen LogP contribution in [0.1, 0.15) is 12.8 Å². The van der Waals surface area contributed by atoms with Crippen LogP contribution in [0.5, 0.6) is 0 Å². The van der Waals surface area contributed by atoms with Crippen LogP contribution in [0.2, 0.25) is 0 Å². The molecule has 1 atom stereocenters. The average molecular weight is 186 g/mol. The Morgan fingerprint density at radius 2 is 2.58 bits per heavy atom. The minimum absolute atomic E-state index is 0.156. The lowest BCUT2D eigenvalue weighted by atomic mass is 10.1. The quantitative estimate of drug-likeness (QED) is 0.497. The van der Waals surface area contributed by atoms with E-state index in [9.17, 15) is 4.79 Å². The molecule has 3 heteroatoms. The van der Waals surface area contributed by atoms with E-state index in [-0.39, 0.29) is 5.97 Å². The van der Waals surface area contributed by atoms with Crippen molar-refractivity contribution in [3.8, 4) is 0 Å². The minimum atomic E-state index is -0.156. The van der Waals surface area contributed by atoms with Crippen molar-refractivity contribution in [1.29, 1.82) is 0 Å². The Bertz CT molecular complexity index is 171. The molecule has 0 spiro atoms. The van der Waals surface area contributed by atoms with Crippen molar-refractivity contribution >= 4 is 17.7 Å². The second-order valence-electron chi connectivity index (χ2n) is 2.83. The Morgan fingerprint density at radius 3 is 3.17 bits per heavy atom. The normalized spacial score (nSPS) is 23.2. The third-order valence-corrected chi connectivity index (χ3v) is 3.07. The highest BCUT2D eigenvalue weighted by Crippen LogP contribution is 2.24. The van der Waals surface area contributed by atoms with Crippen LogP contribution in [-0.2, 0) is 9.53 Å². The largest absolute Gasteiger partial charge is 0.469 e. The maximum Gasteiger partial charge on any atom is 0.309 e. The molecule has 1 aliphatic rings. The van der Waals surface area contributed by atoms with E-state index < -0.39 is 0 Å². The standard InChI is InChI=1S/C9H14O2S/c1-11-9(10)4-2-3-8-5-6-12-7-8/h2-3,8H,4-7H2,1H3/b3-2-. The van der Waals surface area contributed by atoms with E-state index >= 15 is 0 Å². The summed E-state index contributed by atoms with van der Waals surface area (Å²) in [4.78, 5) is 10.7. The number of hydrogen-bond donors (Lipinski definition) is 0. The molecule has 0 aliphatic carbocycles. The number of rotatable bonds is 3. The molecule has 1 rings (SSSR count). The van der Waals surface area contributed by atoms with Crippen LogP contribution in [0.15, 0.2) is 12.2 Å². The lowest BCUT2D eigenvalue weighted by Crippen LogP contribution is -1.98. The smallest absolute Gasteiger partial charge is 0.309 e. The summed E-state index contributed by atoms with van der Waals surface area (Å²) in [5, 5.41) is 0. The van der Waals surface area contributed by atoms with E-state index in [0.717, 1.165) is 0 Å². The lowest BCUT2D eigenvalue weighted by molar-refractivity contribution is -0.139. The number of hydrogen-bond acceptors (Lipinski definition) is 3. The van der Waals surface area contributed by atoms with Gasteiger partial charge in [-0.1, -0.05) is 12.2 Å². The molecule has 0 bridgehead atoms. The summed E-state index contributed by atoms with van der Waals surface area (Å²) in [5.74, 6) is 2.99. The molecule has 0 amide bonds. The number of allylic oxidation sites excluding steroid dienone is 1. The van der Waals surface area contributed by atoms with Gasteiger partial charge in [0.15, 0.2) is 0 Å². The van der Waals surface area contributed by atoms with Gasteiger partial charge in [-0.2, -0.15) is 11.8 Å². The van der Waals surface area contributed by atoms with Crippen LogP contribution in [0.4, 0.5) is 0 Å². The summed E-state index contributed by atoms with van der Waals surface area (Å²) in [6.07, 6.45) is 5.72. The van der Waals surface area contributed by atoms with Crippen LogP contribution in [-0.4, -0.2) is 24.6 Å². The maximum atomic E-state index is 10.7. The number of carbonyl (C=O) groups excluding carboxylic acids is 1. The fraction of sp³-hybridized carbons (Fsp3) is 0.667. The summed E-state index contributed by atoms with van der Waals surface area (Å²) < 4.78 is 4.52. The number of carbonyl (C=O) groups is 1. The molecule has 0 aromatic carbocycles. The van der Waals surface area contributed by atoms with Crippen molar-refractivity contribution in [3.63, 3.8) is 0 Å². The fourth-order valence-electron chi connectivity index (χ4n) is 1.14. The lowest BCUT2D eigenvalue weighted by Gasteiger charge is -1.98. The summed E-state index contributed by atoms with van der Waals surface area (Å²) in [5.41, 5.74) is 0. The molecule has 12 heavy (non-hydrogen) atoms. The Balaban J connectivity index is 2.16. The van der Waals surface area contributed by atoms with Gasteiger partial charge >= 0.3 is 5.97 Å². The van der Waals surface area contributed by atoms with Crippen molar-refractivity contribution in [1.82, 2.24) is 0 Å². The fourth-order valence-corrected chi connectivity index (χ4v) is 2.36. The van der Waals surface area contributed by atoms with Gasteiger partial charge in [0.1, 0.15) is 0 Å². The molecule has 0 aromatic rings. The molecule has 68 valence electrons. The first-order valence-electron chi connectivity index (χ1n) is 4.14. The average Bonchev–Trinajstić information content (AvgIpc) is 2.57. The van der Waals surface area contributed by atoms with Crippen LogP contribution in [0.3, 0.4) is 0 Å². The van der Waals surface area contributed by atoms with Crippen LogP contribution < -0.4 is 0 Å². The van der Waals surface area contributed by atoms with Crippen molar-refractivity contribution in [2.45, 2.75) is 12.8 Å². The maximum absolute atomic E-state index is 10.7. The van der Waals surface area contributed by atoms with E-state index in [1.54, 1.807) is 0 Å². The highest BCUT2D eigenvalue weighted by atomic mass is 32.2. The Kier molecular flexibility index (Phi) is 4.22. The molecule has 0 N–H and O–H groups in total. The van der Waals surface area contributed by atoms with Crippen LogP contribution >= 0.6 is 11.8 Å². The van der Waals surface area contributed by atoms with Crippen molar-refractivity contribution in [2.24, 2.45) is 5.92 Å². The molecular weight excluding hydrogens is 172 g/mol. The van der Waals surface area contributed by atoms with Gasteiger partial charge in [-0.3, -0.25) is 4.79 Å². The SMILES string of the molecule is COC(=O)C/C=C\C1CCSC1. The zero-order valence-electron chi connectivity index (χ0n) is 7.29. The van der Waals surface area contributed by atoms with E-state index in [1.807, 2.05) is 17.8 Å². The predicted octanol–water partition coefficient (Wildman–Crippen LogP) is 1.86. The molecular formula is C9H14O2S. The second kappa shape index (κ2) is 5.25. The summed E-state index contributed by atoms with van der Waals surface area (Å²) in [6, 6.07) is 0. The second-order valence-corrected chi connectivity index (χ2v) is 3.98. The molecule has 0 radical (unpaired) electrons. The number of thioether (sulfide) groups is 1. The summed E-state index contributed by atoms with van der Waals surface area (Å²) in [7, 11) is 1.42. The third-order valence-electron chi connectivity index (χ3n) is 1.89. The monoisotopic (exact) mass is 186 g/mol. The van der Waals surface area contributed by atoms with E-state index in [0.29, 0.717) is 12.3 Å². The molecule has 1 aliphatic heterocycles. The highest BCUT2D eigenvalue weighted by molar-refractivity contribution is 7.99. The zero-order chi connectivity index (χ0) is 8.81. The van der Waals surface area contributed by atoms with Gasteiger partial charge in [0.2, 0.25) is 0 Å². The van der Waals surface area contributed by atoms with Gasteiger partial charge in [0.05, 0.1) is 13.5 Å². The summed E-state index contributed by atoms with van der Waals surface area (Å²) >= 11 is 1.98. The first kappa shape index (κ1) is 9.65. The zero-order valence-corrected chi connectivity index (χ0v) is 8.10. The molecule has 1 saturated heterocycles. The molecule has 1 heterocycles. The van der Waals surface area contributed by atoms with Crippen molar-refractivity contribution in [3.05, 3.63) is 12.2 Å². The topological polar surface area (TPSA) is 26.3 Å². The number of ether oxygens (including phenoxy) is 1. The van der Waals surface area contributed by atoms with E-state index in [4.69, 9.17) is 0 Å². The Labute approximate surface area is 77.4 Å². The van der Waals surface area contributed by atoms with Crippen LogP contribution in [0.25, 0.3) is 0 Å². The predicted molar refractivity (Wildman–Crippen MR) is 51.2 cm³/mol. The molecule has 0 saturated carbocycles. The van der Waals surface area contributed by atoms with Gasteiger partial charge in [-0.05, 0) is 23.8 Å². The molecule has 0 aromatic heterocycles. The molecule has 1 unspecified atom stereocenters. The van der Waals surface area contributed by atoms with E-state index in [2.05, 4.69) is 10.8 Å².